The van der Waals surface area contributed by atoms with Crippen LogP contribution in [0.1, 0.15) is 99.3 Å². The molecular formula is C37H45BrO9. The molecule has 0 aliphatic heterocycles. The summed E-state index contributed by atoms with van der Waals surface area (Å²) >= 11 is 3.48. The lowest BCUT2D eigenvalue weighted by Crippen LogP contribution is -2.36. The van der Waals surface area contributed by atoms with Crippen LogP contribution in [0.5, 0.6) is 11.5 Å². The van der Waals surface area contributed by atoms with Crippen molar-refractivity contribution >= 4 is 45.4 Å². The molecule has 254 valence electrons. The SMILES string of the molecule is CC(C)(C)OC(=O)C1CCCCC[C@H]1C(=O)OCC(=O)c1cccc(Oc2ccc(C(=O)COC(=O)[C@@H]3CCCCC3CBr)cc2)c1. The van der Waals surface area contributed by atoms with E-state index in [1.54, 1.807) is 69.3 Å². The van der Waals surface area contributed by atoms with Crippen molar-refractivity contribution in [3.63, 3.8) is 0 Å². The first kappa shape index (κ1) is 36.3. The van der Waals surface area contributed by atoms with E-state index in [9.17, 15) is 24.0 Å². The molecular weight excluding hydrogens is 668 g/mol. The fourth-order valence-corrected chi connectivity index (χ4v) is 6.96. The summed E-state index contributed by atoms with van der Waals surface area (Å²) in [6.45, 7) is 4.60. The van der Waals surface area contributed by atoms with Crippen LogP contribution in [0.4, 0.5) is 0 Å². The first-order valence-corrected chi connectivity index (χ1v) is 17.6. The van der Waals surface area contributed by atoms with Crippen molar-refractivity contribution in [3.8, 4) is 11.5 Å². The number of benzene rings is 2. The standard InChI is InChI=1S/C37H45BrO9/c1-37(2,3)47-36(43)31-15-6-4-5-14-30(31)35(42)45-23-33(40)25-11-9-12-28(20-25)46-27-18-16-24(17-19-27)32(39)22-44-34(41)29-13-8-7-10-26(29)21-38/h9,11-12,16-20,26,29-31H,4-8,10,13-15,21-23H2,1-3H3/t26?,29-,30-,31?/m1/s1. The van der Waals surface area contributed by atoms with Crippen LogP contribution in [-0.4, -0.2) is 53.6 Å². The molecule has 47 heavy (non-hydrogen) atoms. The van der Waals surface area contributed by atoms with E-state index in [-0.39, 0.29) is 30.2 Å². The van der Waals surface area contributed by atoms with E-state index in [0.29, 0.717) is 35.5 Å². The molecule has 2 aliphatic carbocycles. The number of alkyl halides is 1. The summed E-state index contributed by atoms with van der Waals surface area (Å²) in [4.78, 5) is 64.2. The largest absolute Gasteiger partial charge is 0.460 e. The van der Waals surface area contributed by atoms with Crippen LogP contribution >= 0.6 is 15.9 Å². The number of Topliss-reactive ketones (excluding diaryl/α,β-unsaturated/α-hetero) is 2. The van der Waals surface area contributed by atoms with Gasteiger partial charge in [-0.15, -0.1) is 0 Å². The van der Waals surface area contributed by atoms with Gasteiger partial charge in [-0.1, -0.05) is 60.2 Å². The minimum absolute atomic E-state index is 0.181. The van der Waals surface area contributed by atoms with Gasteiger partial charge in [0.25, 0.3) is 0 Å². The molecule has 10 heteroatoms. The normalized spacial score (nSPS) is 21.5. The molecule has 2 aromatic carbocycles. The summed E-state index contributed by atoms with van der Waals surface area (Å²) in [5, 5.41) is 0.741. The van der Waals surface area contributed by atoms with Crippen LogP contribution in [0.2, 0.25) is 0 Å². The number of rotatable bonds is 12. The predicted octanol–water partition coefficient (Wildman–Crippen LogP) is 7.67. The van der Waals surface area contributed by atoms with Gasteiger partial charge in [0, 0.05) is 16.5 Å². The van der Waals surface area contributed by atoms with Gasteiger partial charge < -0.3 is 18.9 Å². The molecule has 9 nitrogen and oxygen atoms in total. The summed E-state index contributed by atoms with van der Waals surface area (Å²) in [7, 11) is 0. The third-order valence-corrected chi connectivity index (χ3v) is 9.53. The monoisotopic (exact) mass is 712 g/mol. The maximum atomic E-state index is 13.1. The van der Waals surface area contributed by atoms with Crippen LogP contribution in [-0.2, 0) is 28.6 Å². The molecule has 0 heterocycles. The van der Waals surface area contributed by atoms with Crippen molar-refractivity contribution in [2.75, 3.05) is 18.5 Å². The molecule has 4 atom stereocenters. The van der Waals surface area contributed by atoms with Gasteiger partial charge in [0.05, 0.1) is 17.8 Å². The van der Waals surface area contributed by atoms with E-state index in [1.807, 2.05) is 0 Å². The van der Waals surface area contributed by atoms with Gasteiger partial charge in [-0.3, -0.25) is 24.0 Å². The molecule has 0 aromatic heterocycles. The molecule has 0 spiro atoms. The van der Waals surface area contributed by atoms with Gasteiger partial charge in [0.2, 0.25) is 0 Å². The van der Waals surface area contributed by atoms with Crippen molar-refractivity contribution in [1.82, 2.24) is 0 Å². The van der Waals surface area contributed by atoms with E-state index in [0.717, 1.165) is 50.3 Å². The Labute approximate surface area is 285 Å². The third-order valence-electron chi connectivity index (χ3n) is 8.70. The molecule has 0 N–H and O–H groups in total. The van der Waals surface area contributed by atoms with Gasteiger partial charge in [0.1, 0.15) is 17.1 Å². The minimum Gasteiger partial charge on any atom is -0.460 e. The summed E-state index contributed by atoms with van der Waals surface area (Å²) < 4.78 is 22.3. The first-order chi connectivity index (χ1) is 22.4. The Morgan fingerprint density at radius 3 is 1.85 bits per heavy atom. The zero-order valence-electron chi connectivity index (χ0n) is 27.5. The topological polar surface area (TPSA) is 122 Å². The van der Waals surface area contributed by atoms with E-state index in [1.165, 1.54) is 0 Å². The molecule has 0 saturated heterocycles. The second kappa shape index (κ2) is 17.0. The first-order valence-electron chi connectivity index (χ1n) is 16.5. The molecule has 2 aromatic rings. The predicted molar refractivity (Wildman–Crippen MR) is 179 cm³/mol. The lowest BCUT2D eigenvalue weighted by atomic mass is 9.80. The van der Waals surface area contributed by atoms with Crippen molar-refractivity contribution in [2.45, 2.75) is 84.2 Å². The highest BCUT2D eigenvalue weighted by Crippen LogP contribution is 2.33. The Morgan fingerprint density at radius 2 is 1.21 bits per heavy atom. The number of carbonyl (C=O) groups excluding carboxylic acids is 5. The maximum absolute atomic E-state index is 13.1. The quantitative estimate of drug-likeness (QED) is 0.0717. The Hall–Kier alpha value is -3.53. The second-order valence-electron chi connectivity index (χ2n) is 13.4. The fourth-order valence-electron chi connectivity index (χ4n) is 6.18. The third kappa shape index (κ3) is 10.7. The number of esters is 3. The van der Waals surface area contributed by atoms with Crippen molar-refractivity contribution < 1.29 is 42.9 Å². The summed E-state index contributed by atoms with van der Waals surface area (Å²) in [5.41, 5.74) is 0.0233. The summed E-state index contributed by atoms with van der Waals surface area (Å²) in [5.74, 6) is -2.37. The zero-order valence-corrected chi connectivity index (χ0v) is 29.1. The highest BCUT2D eigenvalue weighted by atomic mass is 79.9. The minimum atomic E-state index is -0.664. The Balaban J connectivity index is 1.29. The number of hydrogen-bond acceptors (Lipinski definition) is 9. The Morgan fingerprint density at radius 1 is 0.660 bits per heavy atom. The van der Waals surface area contributed by atoms with E-state index in [4.69, 9.17) is 18.9 Å². The Bertz CT molecular complexity index is 1410. The highest BCUT2D eigenvalue weighted by Gasteiger charge is 2.38. The van der Waals surface area contributed by atoms with E-state index < -0.39 is 41.8 Å². The second-order valence-corrected chi connectivity index (χ2v) is 14.1. The number of carbonyl (C=O) groups is 5. The van der Waals surface area contributed by atoms with E-state index >= 15 is 0 Å². The lowest BCUT2D eigenvalue weighted by molar-refractivity contribution is -0.168. The highest BCUT2D eigenvalue weighted by molar-refractivity contribution is 9.09. The molecule has 2 saturated carbocycles. The lowest BCUT2D eigenvalue weighted by Gasteiger charge is -2.28. The number of ketones is 2. The number of hydrogen-bond donors (Lipinski definition) is 0. The van der Waals surface area contributed by atoms with Gasteiger partial charge in [-0.2, -0.15) is 0 Å². The van der Waals surface area contributed by atoms with E-state index in [2.05, 4.69) is 15.9 Å². The van der Waals surface area contributed by atoms with Gasteiger partial charge >= 0.3 is 17.9 Å². The van der Waals surface area contributed by atoms with Crippen LogP contribution in [0, 0.1) is 23.7 Å². The average molecular weight is 714 g/mol. The van der Waals surface area contributed by atoms with Crippen molar-refractivity contribution in [3.05, 3.63) is 59.7 Å². The van der Waals surface area contributed by atoms with Crippen molar-refractivity contribution in [1.29, 1.82) is 0 Å². The van der Waals surface area contributed by atoms with Crippen LogP contribution in [0.15, 0.2) is 48.5 Å². The van der Waals surface area contributed by atoms with Crippen LogP contribution in [0.25, 0.3) is 0 Å². The fraction of sp³-hybridized carbons (Fsp3) is 0.541. The molecule has 2 fully saturated rings. The molecule has 4 rings (SSSR count). The van der Waals surface area contributed by atoms with Gasteiger partial charge in [0.15, 0.2) is 24.8 Å². The maximum Gasteiger partial charge on any atom is 0.310 e. The van der Waals surface area contributed by atoms with Gasteiger partial charge in [-0.25, -0.2) is 0 Å². The molecule has 0 bridgehead atoms. The number of ether oxygens (including phenoxy) is 4. The number of halogens is 1. The zero-order chi connectivity index (χ0) is 34.0. The van der Waals surface area contributed by atoms with Crippen LogP contribution < -0.4 is 4.74 Å². The summed E-state index contributed by atoms with van der Waals surface area (Å²) in [6.07, 6.45) is 7.44. The van der Waals surface area contributed by atoms with Gasteiger partial charge in [-0.05, 0) is 88.8 Å². The molecule has 0 radical (unpaired) electrons. The average Bonchev–Trinajstić information content (AvgIpc) is 3.32. The van der Waals surface area contributed by atoms with Crippen molar-refractivity contribution in [2.24, 2.45) is 23.7 Å². The van der Waals surface area contributed by atoms with Crippen LogP contribution in [0.3, 0.4) is 0 Å². The molecule has 0 amide bonds. The molecule has 2 unspecified atom stereocenters. The smallest absolute Gasteiger partial charge is 0.310 e. The molecule has 2 aliphatic rings. The Kier molecular flexibility index (Phi) is 13.2. The summed E-state index contributed by atoms with van der Waals surface area (Å²) in [6, 6.07) is 12.9.